The smallest absolute Gasteiger partial charge is 0.242 e. The highest BCUT2D eigenvalue weighted by molar-refractivity contribution is 6.30. The van der Waals surface area contributed by atoms with E-state index in [-0.39, 0.29) is 11.8 Å². The van der Waals surface area contributed by atoms with E-state index >= 15 is 0 Å². The number of nitrogens with one attached hydrogen (secondary N) is 1. The summed E-state index contributed by atoms with van der Waals surface area (Å²) in [4.78, 5) is 26.9. The summed E-state index contributed by atoms with van der Waals surface area (Å²) in [7, 11) is 1.60. The first-order valence-electron chi connectivity index (χ1n) is 8.84. The van der Waals surface area contributed by atoms with Gasteiger partial charge in [0, 0.05) is 25.0 Å². The van der Waals surface area contributed by atoms with E-state index in [2.05, 4.69) is 5.32 Å². The van der Waals surface area contributed by atoms with Gasteiger partial charge in [0.15, 0.2) is 0 Å². The molecular formula is C21H25ClN2O2. The highest BCUT2D eigenvalue weighted by atomic mass is 35.5. The molecule has 4 nitrogen and oxygen atoms in total. The molecular weight excluding hydrogens is 348 g/mol. The predicted molar refractivity (Wildman–Crippen MR) is 105 cm³/mol. The number of hydrogen-bond acceptors (Lipinski definition) is 2. The van der Waals surface area contributed by atoms with Crippen LogP contribution in [-0.4, -0.2) is 29.8 Å². The number of likely N-dealkylation sites (N-methyl/N-ethyl adjacent to an activating group) is 1. The maximum Gasteiger partial charge on any atom is 0.242 e. The Labute approximate surface area is 160 Å². The van der Waals surface area contributed by atoms with Crippen LogP contribution in [-0.2, 0) is 22.6 Å². The Bertz CT molecular complexity index is 717. The minimum absolute atomic E-state index is 0.0285. The van der Waals surface area contributed by atoms with Crippen LogP contribution >= 0.6 is 11.6 Å². The van der Waals surface area contributed by atoms with Gasteiger partial charge >= 0.3 is 0 Å². The number of carbonyl (C=O) groups excluding carboxylic acids is 2. The Morgan fingerprint density at radius 3 is 2.27 bits per heavy atom. The minimum Gasteiger partial charge on any atom is -0.357 e. The van der Waals surface area contributed by atoms with Crippen LogP contribution in [0.2, 0.25) is 5.02 Å². The van der Waals surface area contributed by atoms with E-state index in [0.29, 0.717) is 30.8 Å². The molecule has 2 rings (SSSR count). The van der Waals surface area contributed by atoms with Crippen molar-refractivity contribution in [2.75, 3.05) is 7.05 Å². The summed E-state index contributed by atoms with van der Waals surface area (Å²) in [6, 6.07) is 16.8. The molecule has 1 N–H and O–H groups in total. The van der Waals surface area contributed by atoms with Crippen molar-refractivity contribution in [2.45, 2.75) is 38.8 Å². The molecule has 0 aliphatic heterocycles. The van der Waals surface area contributed by atoms with Gasteiger partial charge in [0.2, 0.25) is 11.8 Å². The summed E-state index contributed by atoms with van der Waals surface area (Å²) in [5.41, 5.74) is 2.06. The Morgan fingerprint density at radius 1 is 1.04 bits per heavy atom. The molecule has 0 aliphatic carbocycles. The Morgan fingerprint density at radius 2 is 1.69 bits per heavy atom. The standard InChI is InChI=1S/C21H25ClN2O2/c1-3-19(21(26)23-2)24(15-17-9-12-18(22)13-10-17)20(25)14-11-16-7-5-4-6-8-16/h4-10,12-13,19H,3,11,14-15H2,1-2H3,(H,23,26)/t19-/m1/s1. The minimum atomic E-state index is -0.487. The third-order valence-electron chi connectivity index (χ3n) is 4.37. The van der Waals surface area contributed by atoms with Gasteiger partial charge in [0.1, 0.15) is 6.04 Å². The number of carbonyl (C=O) groups is 2. The molecule has 0 radical (unpaired) electrons. The van der Waals surface area contributed by atoms with Gasteiger partial charge in [-0.15, -0.1) is 0 Å². The fourth-order valence-electron chi connectivity index (χ4n) is 2.91. The number of halogens is 1. The highest BCUT2D eigenvalue weighted by Crippen LogP contribution is 2.17. The SMILES string of the molecule is CC[C@H](C(=O)NC)N(Cc1ccc(Cl)cc1)C(=O)CCc1ccccc1. The molecule has 0 bridgehead atoms. The zero-order valence-electron chi connectivity index (χ0n) is 15.2. The molecule has 5 heteroatoms. The largest absolute Gasteiger partial charge is 0.357 e. The van der Waals surface area contributed by atoms with Crippen LogP contribution in [0.4, 0.5) is 0 Å². The molecule has 0 saturated carbocycles. The van der Waals surface area contributed by atoms with Gasteiger partial charge in [-0.25, -0.2) is 0 Å². The summed E-state index contributed by atoms with van der Waals surface area (Å²) in [6.45, 7) is 2.30. The third kappa shape index (κ3) is 5.60. The van der Waals surface area contributed by atoms with E-state index < -0.39 is 6.04 Å². The zero-order valence-corrected chi connectivity index (χ0v) is 16.0. The second-order valence-electron chi connectivity index (χ2n) is 6.17. The van der Waals surface area contributed by atoms with Gasteiger partial charge in [0.25, 0.3) is 0 Å². The van der Waals surface area contributed by atoms with Crippen LogP contribution in [0.5, 0.6) is 0 Å². The Hall–Kier alpha value is -2.33. The maximum absolute atomic E-state index is 12.9. The van der Waals surface area contributed by atoms with Gasteiger partial charge in [0.05, 0.1) is 0 Å². The summed E-state index contributed by atoms with van der Waals surface area (Å²) < 4.78 is 0. The molecule has 2 aromatic carbocycles. The topological polar surface area (TPSA) is 49.4 Å². The van der Waals surface area contributed by atoms with Gasteiger partial charge < -0.3 is 10.2 Å². The number of rotatable bonds is 8. The molecule has 0 aromatic heterocycles. The molecule has 1 atom stereocenters. The lowest BCUT2D eigenvalue weighted by Crippen LogP contribution is -2.48. The molecule has 0 spiro atoms. The second kappa shape index (κ2) is 9.97. The molecule has 2 aromatic rings. The first kappa shape index (κ1) is 20.0. The molecule has 0 fully saturated rings. The van der Waals surface area contributed by atoms with Crippen molar-refractivity contribution in [2.24, 2.45) is 0 Å². The number of nitrogens with zero attached hydrogens (tertiary/aromatic N) is 1. The van der Waals surface area contributed by atoms with Gasteiger partial charge in [-0.05, 0) is 36.1 Å². The quantitative estimate of drug-likeness (QED) is 0.765. The number of aryl methyl sites for hydroxylation is 1. The van der Waals surface area contributed by atoms with Crippen LogP contribution in [0, 0.1) is 0 Å². The number of benzene rings is 2. The molecule has 0 heterocycles. The molecule has 26 heavy (non-hydrogen) atoms. The maximum atomic E-state index is 12.9. The average Bonchev–Trinajstić information content (AvgIpc) is 2.68. The van der Waals surface area contributed by atoms with Crippen molar-refractivity contribution in [1.82, 2.24) is 10.2 Å². The Kier molecular flexibility index (Phi) is 7.67. The van der Waals surface area contributed by atoms with Crippen molar-refractivity contribution >= 4 is 23.4 Å². The number of hydrogen-bond donors (Lipinski definition) is 1. The summed E-state index contributed by atoms with van der Waals surface area (Å²) in [5, 5.41) is 3.31. The van der Waals surface area contributed by atoms with E-state index in [1.54, 1.807) is 24.1 Å². The monoisotopic (exact) mass is 372 g/mol. The molecule has 2 amide bonds. The van der Waals surface area contributed by atoms with Crippen LogP contribution in [0.15, 0.2) is 54.6 Å². The lowest BCUT2D eigenvalue weighted by Gasteiger charge is -2.30. The average molecular weight is 373 g/mol. The summed E-state index contributed by atoms with van der Waals surface area (Å²) in [5.74, 6) is -0.172. The lowest BCUT2D eigenvalue weighted by molar-refractivity contribution is -0.141. The van der Waals surface area contributed by atoms with Crippen LogP contribution in [0.25, 0.3) is 0 Å². The van der Waals surface area contributed by atoms with Crippen molar-refractivity contribution in [3.8, 4) is 0 Å². The van der Waals surface area contributed by atoms with Crippen molar-refractivity contribution in [3.05, 3.63) is 70.7 Å². The highest BCUT2D eigenvalue weighted by Gasteiger charge is 2.27. The van der Waals surface area contributed by atoms with E-state index in [4.69, 9.17) is 11.6 Å². The summed E-state index contributed by atoms with van der Waals surface area (Å²) in [6.07, 6.45) is 1.58. The fraction of sp³-hybridized carbons (Fsp3) is 0.333. The Balaban J connectivity index is 2.16. The zero-order chi connectivity index (χ0) is 18.9. The normalized spacial score (nSPS) is 11.7. The van der Waals surface area contributed by atoms with Gasteiger partial charge in [-0.2, -0.15) is 0 Å². The molecule has 0 aliphatic rings. The van der Waals surface area contributed by atoms with E-state index in [1.165, 1.54) is 0 Å². The van der Waals surface area contributed by atoms with Gasteiger partial charge in [-0.1, -0.05) is 61.0 Å². The first-order chi connectivity index (χ1) is 12.5. The van der Waals surface area contributed by atoms with Crippen molar-refractivity contribution in [3.63, 3.8) is 0 Å². The lowest BCUT2D eigenvalue weighted by atomic mass is 10.1. The first-order valence-corrected chi connectivity index (χ1v) is 9.22. The van der Waals surface area contributed by atoms with Crippen molar-refractivity contribution in [1.29, 1.82) is 0 Å². The fourth-order valence-corrected chi connectivity index (χ4v) is 3.04. The van der Waals surface area contributed by atoms with Crippen LogP contribution < -0.4 is 5.32 Å². The summed E-state index contributed by atoms with van der Waals surface area (Å²) >= 11 is 5.95. The van der Waals surface area contributed by atoms with E-state index in [1.807, 2.05) is 49.4 Å². The van der Waals surface area contributed by atoms with Crippen LogP contribution in [0.1, 0.15) is 30.9 Å². The third-order valence-corrected chi connectivity index (χ3v) is 4.62. The molecule has 138 valence electrons. The molecule has 0 saturated heterocycles. The molecule has 0 unspecified atom stereocenters. The van der Waals surface area contributed by atoms with E-state index in [9.17, 15) is 9.59 Å². The second-order valence-corrected chi connectivity index (χ2v) is 6.61. The van der Waals surface area contributed by atoms with Crippen LogP contribution in [0.3, 0.4) is 0 Å². The number of amides is 2. The van der Waals surface area contributed by atoms with Gasteiger partial charge in [-0.3, -0.25) is 9.59 Å². The van der Waals surface area contributed by atoms with E-state index in [0.717, 1.165) is 11.1 Å². The van der Waals surface area contributed by atoms with Crippen molar-refractivity contribution < 1.29 is 9.59 Å². The predicted octanol–water partition coefficient (Wildman–Crippen LogP) is 3.83.